The van der Waals surface area contributed by atoms with Crippen molar-refractivity contribution in [2.45, 2.75) is 37.1 Å². The summed E-state index contributed by atoms with van der Waals surface area (Å²) in [6.07, 6.45) is 9.76. The standard InChI is InChI=1S/C19H25N5O2S2/c25-15(20-7-6-14-4-2-1-3-5-14)12-27-18-16-17(21-13-22-18)23-19(28-16)24-8-10-26-11-9-24/h4,13H,1-3,5-12H2,(H,20,25). The number of carbonyl (C=O) groups is 1. The highest BCUT2D eigenvalue weighted by Crippen LogP contribution is 2.33. The lowest BCUT2D eigenvalue weighted by molar-refractivity contribution is -0.118. The van der Waals surface area contributed by atoms with Crippen molar-refractivity contribution >= 4 is 44.5 Å². The third kappa shape index (κ3) is 5.01. The van der Waals surface area contributed by atoms with E-state index in [0.29, 0.717) is 17.9 Å². The average Bonchev–Trinajstić information content (AvgIpc) is 3.19. The molecule has 0 aromatic carbocycles. The van der Waals surface area contributed by atoms with E-state index in [1.807, 2.05) is 0 Å². The van der Waals surface area contributed by atoms with Crippen LogP contribution in [0, 0.1) is 0 Å². The molecule has 1 N–H and O–H groups in total. The summed E-state index contributed by atoms with van der Waals surface area (Å²) in [6, 6.07) is 0. The molecule has 2 aliphatic rings. The van der Waals surface area contributed by atoms with E-state index in [2.05, 4.69) is 31.2 Å². The third-order valence-electron chi connectivity index (χ3n) is 4.92. The number of ether oxygens (including phenoxy) is 1. The second-order valence-electron chi connectivity index (χ2n) is 6.92. The Labute approximate surface area is 173 Å². The van der Waals surface area contributed by atoms with Crippen LogP contribution in [0.25, 0.3) is 10.3 Å². The highest BCUT2D eigenvalue weighted by atomic mass is 32.2. The van der Waals surface area contributed by atoms with Gasteiger partial charge in [-0.15, -0.1) is 0 Å². The van der Waals surface area contributed by atoms with Crippen LogP contribution in [-0.4, -0.2) is 59.5 Å². The van der Waals surface area contributed by atoms with Crippen molar-refractivity contribution in [3.8, 4) is 0 Å². The van der Waals surface area contributed by atoms with Crippen molar-refractivity contribution in [3.63, 3.8) is 0 Å². The summed E-state index contributed by atoms with van der Waals surface area (Å²) in [6.45, 7) is 3.84. The van der Waals surface area contributed by atoms with Gasteiger partial charge in [-0.2, -0.15) is 4.98 Å². The molecule has 0 saturated carbocycles. The van der Waals surface area contributed by atoms with E-state index < -0.39 is 0 Å². The number of hydrogen-bond acceptors (Lipinski definition) is 8. The van der Waals surface area contributed by atoms with Gasteiger partial charge in [-0.1, -0.05) is 34.7 Å². The number of fused-ring (bicyclic) bond motifs is 1. The lowest BCUT2D eigenvalue weighted by atomic mass is 9.97. The zero-order chi connectivity index (χ0) is 19.2. The number of rotatable bonds is 7. The molecule has 0 bridgehead atoms. The summed E-state index contributed by atoms with van der Waals surface area (Å²) in [5.74, 6) is 0.404. The number of carbonyl (C=O) groups excluding carboxylic acids is 1. The summed E-state index contributed by atoms with van der Waals surface area (Å²) in [5, 5.41) is 4.80. The van der Waals surface area contributed by atoms with Gasteiger partial charge in [-0.25, -0.2) is 9.97 Å². The number of nitrogens with zero attached hydrogens (tertiary/aromatic N) is 4. The van der Waals surface area contributed by atoms with Gasteiger partial charge in [0, 0.05) is 19.6 Å². The molecule has 0 spiro atoms. The molecule has 2 aromatic heterocycles. The summed E-state index contributed by atoms with van der Waals surface area (Å²) in [5.41, 5.74) is 2.19. The SMILES string of the molecule is O=C(CSc1ncnc2nc(N3CCOCC3)sc12)NCCC1=CCCCC1. The van der Waals surface area contributed by atoms with Crippen LogP contribution >= 0.6 is 23.1 Å². The molecule has 1 aliphatic carbocycles. The summed E-state index contributed by atoms with van der Waals surface area (Å²) < 4.78 is 6.36. The van der Waals surface area contributed by atoms with Crippen molar-refractivity contribution in [2.75, 3.05) is 43.5 Å². The largest absolute Gasteiger partial charge is 0.378 e. The maximum absolute atomic E-state index is 12.2. The van der Waals surface area contributed by atoms with E-state index in [1.54, 1.807) is 11.3 Å². The Hall–Kier alpha value is -1.71. The van der Waals surface area contributed by atoms with E-state index in [1.165, 1.54) is 49.3 Å². The smallest absolute Gasteiger partial charge is 0.230 e. The zero-order valence-corrected chi connectivity index (χ0v) is 17.5. The molecule has 4 rings (SSSR count). The topological polar surface area (TPSA) is 80.2 Å². The van der Waals surface area contributed by atoms with Gasteiger partial charge in [0.2, 0.25) is 5.91 Å². The summed E-state index contributed by atoms with van der Waals surface area (Å²) in [7, 11) is 0. The van der Waals surface area contributed by atoms with E-state index in [4.69, 9.17) is 4.74 Å². The monoisotopic (exact) mass is 419 g/mol. The first-order chi connectivity index (χ1) is 13.8. The van der Waals surface area contributed by atoms with Crippen LogP contribution in [-0.2, 0) is 9.53 Å². The normalized spacial score (nSPS) is 17.6. The van der Waals surface area contributed by atoms with Crippen molar-refractivity contribution in [2.24, 2.45) is 0 Å². The third-order valence-corrected chi connectivity index (χ3v) is 7.15. The molecule has 0 unspecified atom stereocenters. The number of amides is 1. The van der Waals surface area contributed by atoms with Crippen LogP contribution in [0.1, 0.15) is 32.1 Å². The Bertz CT molecular complexity index is 848. The van der Waals surface area contributed by atoms with E-state index >= 15 is 0 Å². The number of thioether (sulfide) groups is 1. The van der Waals surface area contributed by atoms with Crippen molar-refractivity contribution in [1.29, 1.82) is 0 Å². The van der Waals surface area contributed by atoms with Gasteiger partial charge in [0.05, 0.1) is 19.0 Å². The highest BCUT2D eigenvalue weighted by molar-refractivity contribution is 8.00. The minimum Gasteiger partial charge on any atom is -0.378 e. The summed E-state index contributed by atoms with van der Waals surface area (Å²) in [4.78, 5) is 27.8. The number of hydrogen-bond donors (Lipinski definition) is 1. The first-order valence-electron chi connectivity index (χ1n) is 9.81. The molecular weight excluding hydrogens is 394 g/mol. The fourth-order valence-corrected chi connectivity index (χ4v) is 5.37. The van der Waals surface area contributed by atoms with Crippen LogP contribution in [0.4, 0.5) is 5.13 Å². The van der Waals surface area contributed by atoms with Crippen LogP contribution in [0.5, 0.6) is 0 Å². The molecule has 1 amide bonds. The molecule has 150 valence electrons. The Kier molecular flexibility index (Phi) is 6.77. The Morgan fingerprint density at radius 1 is 1.29 bits per heavy atom. The molecular formula is C19H25N5O2S2. The number of thiazole rings is 1. The van der Waals surface area contributed by atoms with Crippen molar-refractivity contribution in [1.82, 2.24) is 20.3 Å². The summed E-state index contributed by atoms with van der Waals surface area (Å²) >= 11 is 3.05. The molecule has 1 saturated heterocycles. The van der Waals surface area contributed by atoms with Gasteiger partial charge in [0.1, 0.15) is 16.1 Å². The van der Waals surface area contributed by atoms with Gasteiger partial charge in [0.25, 0.3) is 0 Å². The number of anilines is 1. The average molecular weight is 420 g/mol. The number of allylic oxidation sites excluding steroid dienone is 1. The van der Waals surface area contributed by atoms with Crippen LogP contribution in [0.3, 0.4) is 0 Å². The molecule has 1 aliphatic heterocycles. The number of nitrogens with one attached hydrogen (secondary N) is 1. The van der Waals surface area contributed by atoms with Crippen LogP contribution in [0.15, 0.2) is 23.0 Å². The van der Waals surface area contributed by atoms with Gasteiger partial charge in [-0.05, 0) is 32.1 Å². The number of aromatic nitrogens is 3. The lowest BCUT2D eigenvalue weighted by Crippen LogP contribution is -2.36. The first-order valence-corrected chi connectivity index (χ1v) is 11.6. The second kappa shape index (κ2) is 9.67. The minimum atomic E-state index is 0.0473. The maximum atomic E-state index is 12.2. The fraction of sp³-hybridized carbons (Fsp3) is 0.579. The molecule has 2 aromatic rings. The molecule has 0 radical (unpaired) electrons. The zero-order valence-electron chi connectivity index (χ0n) is 15.9. The van der Waals surface area contributed by atoms with Gasteiger partial charge < -0.3 is 15.0 Å². The second-order valence-corrected chi connectivity index (χ2v) is 8.87. The van der Waals surface area contributed by atoms with Crippen molar-refractivity contribution < 1.29 is 9.53 Å². The van der Waals surface area contributed by atoms with E-state index in [0.717, 1.165) is 47.6 Å². The molecule has 3 heterocycles. The fourth-order valence-electron chi connectivity index (χ4n) is 3.39. The van der Waals surface area contributed by atoms with E-state index in [-0.39, 0.29) is 5.91 Å². The Morgan fingerprint density at radius 3 is 3.00 bits per heavy atom. The molecule has 7 nitrogen and oxygen atoms in total. The van der Waals surface area contributed by atoms with Gasteiger partial charge in [-0.3, -0.25) is 4.79 Å². The maximum Gasteiger partial charge on any atom is 0.230 e. The van der Waals surface area contributed by atoms with Crippen LogP contribution < -0.4 is 10.2 Å². The molecule has 0 atom stereocenters. The van der Waals surface area contributed by atoms with Crippen molar-refractivity contribution in [3.05, 3.63) is 18.0 Å². The van der Waals surface area contributed by atoms with Crippen LogP contribution in [0.2, 0.25) is 0 Å². The van der Waals surface area contributed by atoms with Gasteiger partial charge >= 0.3 is 0 Å². The molecule has 28 heavy (non-hydrogen) atoms. The predicted molar refractivity (Wildman–Crippen MR) is 113 cm³/mol. The molecule has 1 fully saturated rings. The molecule has 9 heteroatoms. The Balaban J connectivity index is 1.31. The predicted octanol–water partition coefficient (Wildman–Crippen LogP) is 3.02. The number of morpholine rings is 1. The van der Waals surface area contributed by atoms with Gasteiger partial charge in [0.15, 0.2) is 10.8 Å². The van der Waals surface area contributed by atoms with E-state index in [9.17, 15) is 4.79 Å². The lowest BCUT2D eigenvalue weighted by Gasteiger charge is -2.25. The Morgan fingerprint density at radius 2 is 2.18 bits per heavy atom. The highest BCUT2D eigenvalue weighted by Gasteiger charge is 2.18. The first kappa shape index (κ1) is 19.6. The minimum absolute atomic E-state index is 0.0473. The quantitative estimate of drug-likeness (QED) is 0.420.